The lowest BCUT2D eigenvalue weighted by Crippen LogP contribution is -2.39. The Hall–Kier alpha value is -1.97. The van der Waals surface area contributed by atoms with E-state index in [0.29, 0.717) is 25.1 Å². The predicted molar refractivity (Wildman–Crippen MR) is 109 cm³/mol. The second-order valence-electron chi connectivity index (χ2n) is 7.22. The summed E-state index contributed by atoms with van der Waals surface area (Å²) in [6, 6.07) is 1.67. The molecule has 0 amide bonds. The van der Waals surface area contributed by atoms with E-state index in [4.69, 9.17) is 9.72 Å². The van der Waals surface area contributed by atoms with Crippen LogP contribution in [0.2, 0.25) is 0 Å². The van der Waals surface area contributed by atoms with Crippen molar-refractivity contribution in [2.75, 3.05) is 50.5 Å². The SMILES string of the molecule is CSc1ncc(CN2CCC(c3cc(=O)[nH]c(N4CCOCC4)n3)CC2)cn1. The van der Waals surface area contributed by atoms with Crippen LogP contribution in [0.4, 0.5) is 5.95 Å². The van der Waals surface area contributed by atoms with Crippen molar-refractivity contribution in [2.24, 2.45) is 0 Å². The molecule has 1 N–H and O–H groups in total. The largest absolute Gasteiger partial charge is 0.378 e. The van der Waals surface area contributed by atoms with Crippen LogP contribution in [0.1, 0.15) is 30.0 Å². The minimum atomic E-state index is -0.0695. The molecule has 0 bridgehead atoms. The van der Waals surface area contributed by atoms with Crippen molar-refractivity contribution in [3.8, 4) is 0 Å². The van der Waals surface area contributed by atoms with Gasteiger partial charge in [-0.25, -0.2) is 15.0 Å². The Balaban J connectivity index is 1.37. The summed E-state index contributed by atoms with van der Waals surface area (Å²) < 4.78 is 5.39. The number of H-pyrrole nitrogens is 1. The van der Waals surface area contributed by atoms with Crippen molar-refractivity contribution in [2.45, 2.75) is 30.5 Å². The second-order valence-corrected chi connectivity index (χ2v) is 8.00. The number of hydrogen-bond acceptors (Lipinski definition) is 8. The highest BCUT2D eigenvalue weighted by Gasteiger charge is 2.24. The van der Waals surface area contributed by atoms with Crippen LogP contribution in [0, 0.1) is 0 Å². The zero-order chi connectivity index (χ0) is 19.3. The Labute approximate surface area is 168 Å². The van der Waals surface area contributed by atoms with Crippen molar-refractivity contribution >= 4 is 17.7 Å². The van der Waals surface area contributed by atoms with E-state index in [1.54, 1.807) is 17.8 Å². The minimum Gasteiger partial charge on any atom is -0.378 e. The van der Waals surface area contributed by atoms with Gasteiger partial charge in [-0.15, -0.1) is 0 Å². The van der Waals surface area contributed by atoms with Crippen LogP contribution in [-0.2, 0) is 11.3 Å². The fourth-order valence-corrected chi connectivity index (χ4v) is 4.09. The summed E-state index contributed by atoms with van der Waals surface area (Å²) in [5, 5.41) is 0.805. The Morgan fingerprint density at radius 3 is 2.57 bits per heavy atom. The number of nitrogens with one attached hydrogen (secondary N) is 1. The lowest BCUT2D eigenvalue weighted by molar-refractivity contribution is 0.122. The van der Waals surface area contributed by atoms with Gasteiger partial charge in [0, 0.05) is 49.6 Å². The molecule has 0 spiro atoms. The van der Waals surface area contributed by atoms with E-state index in [2.05, 4.69) is 24.8 Å². The number of thioether (sulfide) groups is 1. The molecule has 0 unspecified atom stereocenters. The molecule has 4 rings (SSSR count). The third-order valence-corrected chi connectivity index (χ3v) is 5.91. The highest BCUT2D eigenvalue weighted by atomic mass is 32.2. The molecule has 2 aromatic rings. The molecule has 0 aliphatic carbocycles. The van der Waals surface area contributed by atoms with Crippen LogP contribution in [-0.4, -0.2) is 70.5 Å². The second kappa shape index (κ2) is 9.02. The summed E-state index contributed by atoms with van der Waals surface area (Å²) in [7, 11) is 0. The van der Waals surface area contributed by atoms with Crippen LogP contribution in [0.15, 0.2) is 28.4 Å². The number of rotatable bonds is 5. The van der Waals surface area contributed by atoms with Crippen molar-refractivity contribution < 1.29 is 4.74 Å². The highest BCUT2D eigenvalue weighted by Crippen LogP contribution is 2.27. The molecule has 2 fully saturated rings. The average Bonchev–Trinajstić information content (AvgIpc) is 2.75. The van der Waals surface area contributed by atoms with Crippen LogP contribution in [0.25, 0.3) is 0 Å². The molecule has 4 heterocycles. The van der Waals surface area contributed by atoms with Gasteiger partial charge < -0.3 is 9.64 Å². The van der Waals surface area contributed by atoms with Gasteiger partial charge in [0.1, 0.15) is 0 Å². The quantitative estimate of drug-likeness (QED) is 0.595. The third kappa shape index (κ3) is 4.71. The molecule has 0 saturated carbocycles. The van der Waals surface area contributed by atoms with Gasteiger partial charge in [-0.05, 0) is 32.2 Å². The van der Waals surface area contributed by atoms with Crippen molar-refractivity contribution in [3.05, 3.63) is 40.1 Å². The predicted octanol–water partition coefficient (Wildman–Crippen LogP) is 1.50. The molecule has 28 heavy (non-hydrogen) atoms. The number of ether oxygens (including phenoxy) is 1. The fraction of sp³-hybridized carbons (Fsp3) is 0.579. The molecule has 2 aliphatic rings. The van der Waals surface area contributed by atoms with E-state index in [9.17, 15) is 4.79 Å². The van der Waals surface area contributed by atoms with Gasteiger partial charge in [0.05, 0.1) is 18.9 Å². The van der Waals surface area contributed by atoms with Gasteiger partial charge in [0.25, 0.3) is 5.56 Å². The van der Waals surface area contributed by atoms with Gasteiger partial charge in [-0.3, -0.25) is 14.7 Å². The number of likely N-dealkylation sites (tertiary alicyclic amines) is 1. The summed E-state index contributed by atoms with van der Waals surface area (Å²) >= 11 is 1.55. The van der Waals surface area contributed by atoms with Crippen molar-refractivity contribution in [3.63, 3.8) is 0 Å². The number of hydrogen-bond donors (Lipinski definition) is 1. The van der Waals surface area contributed by atoms with Crippen LogP contribution in [0.3, 0.4) is 0 Å². The van der Waals surface area contributed by atoms with Gasteiger partial charge in [-0.1, -0.05) is 11.8 Å². The lowest BCUT2D eigenvalue weighted by atomic mass is 9.93. The standard InChI is InChI=1S/C19H26N6O2S/c1-28-19-20-11-14(12-21-19)13-24-4-2-15(3-5-24)16-10-17(26)23-18(22-16)25-6-8-27-9-7-25/h10-12,15H,2-9,13H2,1H3,(H,22,23,26). The first-order chi connectivity index (χ1) is 13.7. The van der Waals surface area contributed by atoms with Crippen LogP contribution in [0.5, 0.6) is 0 Å². The first-order valence-electron chi connectivity index (χ1n) is 9.72. The van der Waals surface area contributed by atoms with E-state index < -0.39 is 0 Å². The summed E-state index contributed by atoms with van der Waals surface area (Å²) in [4.78, 5) is 33.1. The number of anilines is 1. The Bertz CT molecular complexity index is 829. The first-order valence-corrected chi connectivity index (χ1v) is 10.9. The Morgan fingerprint density at radius 1 is 1.18 bits per heavy atom. The summed E-state index contributed by atoms with van der Waals surface area (Å²) in [5.74, 6) is 1.01. The van der Waals surface area contributed by atoms with E-state index in [1.807, 2.05) is 18.6 Å². The van der Waals surface area contributed by atoms with E-state index >= 15 is 0 Å². The first kappa shape index (κ1) is 19.4. The molecule has 9 heteroatoms. The maximum atomic E-state index is 12.2. The number of aromatic amines is 1. The maximum absolute atomic E-state index is 12.2. The number of piperidine rings is 1. The van der Waals surface area contributed by atoms with E-state index in [1.165, 1.54) is 0 Å². The van der Waals surface area contributed by atoms with Crippen LogP contribution < -0.4 is 10.5 Å². The monoisotopic (exact) mass is 402 g/mol. The van der Waals surface area contributed by atoms with E-state index in [-0.39, 0.29) is 5.56 Å². The summed E-state index contributed by atoms with van der Waals surface area (Å²) in [6.45, 7) is 5.71. The average molecular weight is 403 g/mol. The zero-order valence-electron chi connectivity index (χ0n) is 16.1. The topological polar surface area (TPSA) is 87.2 Å². The molecular weight excluding hydrogens is 376 g/mol. The van der Waals surface area contributed by atoms with Crippen molar-refractivity contribution in [1.82, 2.24) is 24.8 Å². The van der Waals surface area contributed by atoms with Crippen molar-refractivity contribution in [1.29, 1.82) is 0 Å². The summed E-state index contributed by atoms with van der Waals surface area (Å²) in [5.41, 5.74) is 1.98. The summed E-state index contributed by atoms with van der Waals surface area (Å²) in [6.07, 6.45) is 7.81. The molecule has 150 valence electrons. The molecule has 0 aromatic carbocycles. The molecule has 2 saturated heterocycles. The Morgan fingerprint density at radius 2 is 1.89 bits per heavy atom. The fourth-order valence-electron chi connectivity index (χ4n) is 3.77. The maximum Gasteiger partial charge on any atom is 0.252 e. The molecule has 0 atom stereocenters. The molecule has 8 nitrogen and oxygen atoms in total. The van der Waals surface area contributed by atoms with Gasteiger partial charge in [0.2, 0.25) is 5.95 Å². The molecular formula is C19H26N6O2S. The smallest absolute Gasteiger partial charge is 0.252 e. The molecule has 2 aromatic heterocycles. The molecule has 0 radical (unpaired) electrons. The van der Waals surface area contributed by atoms with Gasteiger partial charge in [-0.2, -0.15) is 0 Å². The Kier molecular flexibility index (Phi) is 6.23. The van der Waals surface area contributed by atoms with Gasteiger partial charge >= 0.3 is 0 Å². The highest BCUT2D eigenvalue weighted by molar-refractivity contribution is 7.98. The number of aromatic nitrogens is 4. The lowest BCUT2D eigenvalue weighted by Gasteiger charge is -2.32. The number of morpholine rings is 1. The minimum absolute atomic E-state index is 0.0695. The zero-order valence-corrected chi connectivity index (χ0v) is 17.0. The third-order valence-electron chi connectivity index (χ3n) is 5.34. The van der Waals surface area contributed by atoms with Gasteiger partial charge in [0.15, 0.2) is 5.16 Å². The van der Waals surface area contributed by atoms with Crippen LogP contribution >= 0.6 is 11.8 Å². The normalized spacial score (nSPS) is 19.1. The van der Waals surface area contributed by atoms with E-state index in [0.717, 1.165) is 62.0 Å². The molecule has 2 aliphatic heterocycles. The number of nitrogens with zero attached hydrogens (tertiary/aromatic N) is 5.